The molecule has 0 heterocycles. The first-order chi connectivity index (χ1) is 6.29. The molecule has 0 saturated heterocycles. The molecule has 14 heavy (non-hydrogen) atoms. The van der Waals surface area contributed by atoms with E-state index in [9.17, 15) is 9.90 Å². The molecule has 0 atom stereocenters. The number of allylic oxidation sites excluding steroid dienone is 2. The van der Waals surface area contributed by atoms with Crippen molar-refractivity contribution in [2.45, 2.75) is 46.6 Å². The summed E-state index contributed by atoms with van der Waals surface area (Å²) in [6.07, 6.45) is 3.78. The van der Waals surface area contributed by atoms with Crippen LogP contribution in [0, 0.1) is 10.8 Å². The van der Waals surface area contributed by atoms with Crippen molar-refractivity contribution in [2.24, 2.45) is 10.8 Å². The largest absolute Gasteiger partial charge is 0.393 e. The Balaban J connectivity index is 3.09. The van der Waals surface area contributed by atoms with Crippen molar-refractivity contribution in [1.82, 2.24) is 0 Å². The molecule has 0 bridgehead atoms. The van der Waals surface area contributed by atoms with Gasteiger partial charge in [0.15, 0.2) is 0 Å². The monoisotopic (exact) mass is 196 g/mol. The molecule has 0 amide bonds. The van der Waals surface area contributed by atoms with Crippen molar-refractivity contribution in [3.05, 3.63) is 11.6 Å². The molecule has 2 heteroatoms. The number of aldehydes is 1. The van der Waals surface area contributed by atoms with E-state index in [2.05, 4.69) is 27.7 Å². The van der Waals surface area contributed by atoms with E-state index in [-0.39, 0.29) is 16.9 Å². The number of hydrogen-bond donors (Lipinski definition) is 1. The summed E-state index contributed by atoms with van der Waals surface area (Å²) in [4.78, 5) is 10.6. The quantitative estimate of drug-likeness (QED) is 0.516. The predicted molar refractivity (Wildman–Crippen MR) is 56.9 cm³/mol. The van der Waals surface area contributed by atoms with Gasteiger partial charge in [-0.2, -0.15) is 0 Å². The van der Waals surface area contributed by atoms with Gasteiger partial charge in [-0.05, 0) is 29.7 Å². The molecular formula is C12H20O2. The van der Waals surface area contributed by atoms with Gasteiger partial charge in [0.05, 0.1) is 6.10 Å². The van der Waals surface area contributed by atoms with Gasteiger partial charge < -0.3 is 5.11 Å². The molecule has 1 aliphatic rings. The van der Waals surface area contributed by atoms with Gasteiger partial charge in [0, 0.05) is 0 Å². The number of aliphatic hydroxyl groups is 1. The van der Waals surface area contributed by atoms with Gasteiger partial charge in [-0.25, -0.2) is 0 Å². The van der Waals surface area contributed by atoms with E-state index in [1.165, 1.54) is 0 Å². The van der Waals surface area contributed by atoms with Crippen LogP contribution < -0.4 is 0 Å². The second-order valence-corrected chi connectivity index (χ2v) is 5.55. The van der Waals surface area contributed by atoms with Crippen LogP contribution in [0.25, 0.3) is 0 Å². The highest BCUT2D eigenvalue weighted by atomic mass is 16.3. The fourth-order valence-electron chi connectivity index (χ4n) is 2.91. The number of aliphatic hydroxyl groups excluding tert-OH is 1. The Bertz CT molecular complexity index is 241. The molecule has 0 spiro atoms. The Morgan fingerprint density at radius 2 is 1.64 bits per heavy atom. The highest BCUT2D eigenvalue weighted by molar-refractivity contribution is 5.67. The predicted octanol–water partition coefficient (Wildman–Crippen LogP) is 2.32. The van der Waals surface area contributed by atoms with E-state index in [1.807, 2.05) is 0 Å². The second-order valence-electron chi connectivity index (χ2n) is 5.55. The summed E-state index contributed by atoms with van der Waals surface area (Å²) in [5, 5.41) is 9.75. The number of rotatable bonds is 1. The fourth-order valence-corrected chi connectivity index (χ4v) is 2.91. The topological polar surface area (TPSA) is 37.3 Å². The van der Waals surface area contributed by atoms with E-state index in [0.29, 0.717) is 0 Å². The van der Waals surface area contributed by atoms with Crippen molar-refractivity contribution in [2.75, 3.05) is 0 Å². The van der Waals surface area contributed by atoms with Crippen LogP contribution in [0.1, 0.15) is 40.5 Å². The molecule has 0 aliphatic heterocycles. The van der Waals surface area contributed by atoms with Crippen LogP contribution >= 0.6 is 0 Å². The van der Waals surface area contributed by atoms with Crippen LogP contribution in [0.5, 0.6) is 0 Å². The number of hydrogen-bond acceptors (Lipinski definition) is 2. The highest BCUT2D eigenvalue weighted by Crippen LogP contribution is 2.50. The van der Waals surface area contributed by atoms with Crippen LogP contribution in [-0.2, 0) is 4.79 Å². The van der Waals surface area contributed by atoms with Gasteiger partial charge in [-0.1, -0.05) is 33.3 Å². The van der Waals surface area contributed by atoms with Crippen LogP contribution in [0.2, 0.25) is 0 Å². The van der Waals surface area contributed by atoms with Gasteiger partial charge in [-0.3, -0.25) is 4.79 Å². The van der Waals surface area contributed by atoms with Crippen molar-refractivity contribution >= 4 is 6.29 Å². The molecule has 0 unspecified atom stereocenters. The first-order valence-electron chi connectivity index (χ1n) is 5.14. The molecule has 1 aliphatic carbocycles. The number of carbonyl (C=O) groups is 1. The molecule has 0 radical (unpaired) electrons. The van der Waals surface area contributed by atoms with Crippen LogP contribution in [0.4, 0.5) is 0 Å². The summed E-state index contributed by atoms with van der Waals surface area (Å²) >= 11 is 0. The van der Waals surface area contributed by atoms with E-state index in [1.54, 1.807) is 6.08 Å². The maximum absolute atomic E-state index is 10.6. The molecular weight excluding hydrogens is 176 g/mol. The van der Waals surface area contributed by atoms with Crippen molar-refractivity contribution < 1.29 is 9.90 Å². The lowest BCUT2D eigenvalue weighted by atomic mass is 9.60. The Labute approximate surface area is 86.0 Å². The summed E-state index contributed by atoms with van der Waals surface area (Å²) in [5.41, 5.74) is 1.02. The Kier molecular flexibility index (Phi) is 2.86. The minimum absolute atomic E-state index is 0.0674. The van der Waals surface area contributed by atoms with Gasteiger partial charge >= 0.3 is 0 Å². The van der Waals surface area contributed by atoms with Gasteiger partial charge in [0.1, 0.15) is 6.29 Å². The van der Waals surface area contributed by atoms with E-state index < -0.39 is 0 Å². The second kappa shape index (κ2) is 3.50. The molecule has 0 aromatic heterocycles. The van der Waals surface area contributed by atoms with E-state index in [4.69, 9.17) is 0 Å². The average Bonchev–Trinajstić information content (AvgIpc) is 1.94. The Hall–Kier alpha value is -0.630. The summed E-state index contributed by atoms with van der Waals surface area (Å²) in [6, 6.07) is 0. The van der Waals surface area contributed by atoms with E-state index >= 15 is 0 Å². The fraction of sp³-hybridized carbons (Fsp3) is 0.750. The van der Waals surface area contributed by atoms with Crippen molar-refractivity contribution in [3.63, 3.8) is 0 Å². The normalized spacial score (nSPS) is 29.8. The maximum atomic E-state index is 10.6. The summed E-state index contributed by atoms with van der Waals surface area (Å²) in [6.45, 7) is 8.36. The maximum Gasteiger partial charge on any atom is 0.142 e. The lowest BCUT2D eigenvalue weighted by Crippen LogP contribution is -2.39. The molecule has 1 fully saturated rings. The third-order valence-corrected chi connectivity index (χ3v) is 3.18. The molecule has 1 saturated carbocycles. The number of carbonyl (C=O) groups excluding carboxylic acids is 1. The minimum atomic E-state index is -0.246. The first-order valence-corrected chi connectivity index (χ1v) is 5.14. The lowest BCUT2D eigenvalue weighted by Gasteiger charge is -2.46. The van der Waals surface area contributed by atoms with Crippen LogP contribution in [-0.4, -0.2) is 17.5 Å². The molecule has 80 valence electrons. The van der Waals surface area contributed by atoms with Gasteiger partial charge in [0.25, 0.3) is 0 Å². The molecule has 2 nitrogen and oxygen atoms in total. The Morgan fingerprint density at radius 1 is 1.21 bits per heavy atom. The summed E-state index contributed by atoms with van der Waals surface area (Å²) < 4.78 is 0. The SMILES string of the molecule is CC1(C)CC(O)CC(C)(C)C1=CC=O. The molecule has 1 rings (SSSR count). The minimum Gasteiger partial charge on any atom is -0.393 e. The third-order valence-electron chi connectivity index (χ3n) is 3.18. The van der Waals surface area contributed by atoms with Gasteiger partial charge in [-0.15, -0.1) is 0 Å². The van der Waals surface area contributed by atoms with Crippen LogP contribution in [0.15, 0.2) is 11.6 Å². The zero-order valence-electron chi connectivity index (χ0n) is 9.50. The molecule has 1 N–H and O–H groups in total. The summed E-state index contributed by atoms with van der Waals surface area (Å²) in [7, 11) is 0. The van der Waals surface area contributed by atoms with Crippen LogP contribution in [0.3, 0.4) is 0 Å². The van der Waals surface area contributed by atoms with Crippen molar-refractivity contribution in [3.8, 4) is 0 Å². The summed E-state index contributed by atoms with van der Waals surface area (Å²) in [5.74, 6) is 0. The first kappa shape index (κ1) is 11.4. The van der Waals surface area contributed by atoms with Gasteiger partial charge in [0.2, 0.25) is 0 Å². The lowest BCUT2D eigenvalue weighted by molar-refractivity contribution is -0.104. The third kappa shape index (κ3) is 2.06. The van der Waals surface area contributed by atoms with Crippen molar-refractivity contribution in [1.29, 1.82) is 0 Å². The molecule has 0 aromatic rings. The average molecular weight is 196 g/mol. The smallest absolute Gasteiger partial charge is 0.142 e. The zero-order chi connectivity index (χ0) is 11.0. The standard InChI is InChI=1S/C12H20O2/c1-11(2)7-9(14)8-12(3,4)10(11)5-6-13/h5-6,9,14H,7-8H2,1-4H3. The van der Waals surface area contributed by atoms with E-state index in [0.717, 1.165) is 24.7 Å². The Morgan fingerprint density at radius 3 is 2.00 bits per heavy atom. The molecule has 0 aromatic carbocycles. The highest BCUT2D eigenvalue weighted by Gasteiger charge is 2.42. The zero-order valence-corrected chi connectivity index (χ0v) is 9.50.